The van der Waals surface area contributed by atoms with Crippen molar-refractivity contribution in [2.24, 2.45) is 0 Å². The van der Waals surface area contributed by atoms with Crippen LogP contribution in [0, 0.1) is 6.92 Å². The third-order valence-corrected chi connectivity index (χ3v) is 4.03. The average Bonchev–Trinajstić information content (AvgIpc) is 2.65. The van der Waals surface area contributed by atoms with Gasteiger partial charge >= 0.3 is 0 Å². The second-order valence-electron chi connectivity index (χ2n) is 4.39. The average molecular weight is 287 g/mol. The Kier molecular flexibility index (Phi) is 3.64. The second-order valence-corrected chi connectivity index (χ2v) is 6.91. The number of benzene rings is 1. The summed E-state index contributed by atoms with van der Waals surface area (Å²) in [5, 5.41) is 0. The monoisotopic (exact) mass is 286 g/mol. The summed E-state index contributed by atoms with van der Waals surface area (Å²) in [5.74, 6) is 1.08. The highest BCUT2D eigenvalue weighted by atomic mass is 35.5. The van der Waals surface area contributed by atoms with Gasteiger partial charge in [0.1, 0.15) is 15.7 Å². The highest BCUT2D eigenvalue weighted by Gasteiger charge is 2.13. The lowest BCUT2D eigenvalue weighted by Crippen LogP contribution is -2.12. The van der Waals surface area contributed by atoms with Gasteiger partial charge in [-0.05, 0) is 18.6 Å². The molecule has 0 aliphatic rings. The molecule has 0 fully saturated rings. The summed E-state index contributed by atoms with van der Waals surface area (Å²) in [6.45, 7) is 2.37. The first-order valence-corrected chi connectivity index (χ1v) is 8.20. The second kappa shape index (κ2) is 4.90. The number of sulfone groups is 1. The van der Waals surface area contributed by atoms with Crippen molar-refractivity contribution < 1.29 is 8.42 Å². The van der Waals surface area contributed by atoms with Crippen LogP contribution in [0.15, 0.2) is 18.2 Å². The van der Waals surface area contributed by atoms with Crippen LogP contribution < -0.4 is 0 Å². The third kappa shape index (κ3) is 2.67. The first-order valence-electron chi connectivity index (χ1n) is 5.61. The lowest BCUT2D eigenvalue weighted by Gasteiger charge is -2.06. The predicted octanol–water partition coefficient (Wildman–Crippen LogP) is 2.13. The van der Waals surface area contributed by atoms with Crippen molar-refractivity contribution in [2.45, 2.75) is 19.3 Å². The van der Waals surface area contributed by atoms with E-state index in [1.165, 1.54) is 6.26 Å². The molecule has 0 saturated heterocycles. The van der Waals surface area contributed by atoms with E-state index < -0.39 is 9.84 Å². The summed E-state index contributed by atoms with van der Waals surface area (Å²) in [6, 6.07) is 5.86. The SMILES string of the molecule is Cc1cccc2c1nc(CCl)n2CCS(C)(=O)=O. The van der Waals surface area contributed by atoms with Crippen molar-refractivity contribution in [3.63, 3.8) is 0 Å². The Morgan fingerprint density at radius 2 is 2.11 bits per heavy atom. The van der Waals surface area contributed by atoms with Gasteiger partial charge in [0.05, 0.1) is 22.7 Å². The number of para-hydroxylation sites is 1. The maximum atomic E-state index is 11.3. The Bertz CT molecular complexity index is 677. The molecule has 0 aliphatic heterocycles. The molecule has 2 rings (SSSR count). The van der Waals surface area contributed by atoms with Crippen LogP contribution in [0.2, 0.25) is 0 Å². The molecule has 0 N–H and O–H groups in total. The first-order chi connectivity index (χ1) is 8.42. The van der Waals surface area contributed by atoms with Crippen LogP contribution in [0.1, 0.15) is 11.4 Å². The number of nitrogens with zero attached hydrogens (tertiary/aromatic N) is 2. The first kappa shape index (κ1) is 13.4. The van der Waals surface area contributed by atoms with Gasteiger partial charge in [0.25, 0.3) is 0 Å². The molecule has 6 heteroatoms. The quantitative estimate of drug-likeness (QED) is 0.809. The molecule has 98 valence electrons. The van der Waals surface area contributed by atoms with E-state index in [1.54, 1.807) is 0 Å². The minimum absolute atomic E-state index is 0.0935. The lowest BCUT2D eigenvalue weighted by molar-refractivity contribution is 0.594. The minimum atomic E-state index is -3.00. The van der Waals surface area contributed by atoms with Crippen LogP contribution in [0.25, 0.3) is 11.0 Å². The molecule has 18 heavy (non-hydrogen) atoms. The Labute approximate surface area is 112 Å². The molecule has 1 aromatic carbocycles. The van der Waals surface area contributed by atoms with Crippen LogP contribution in [0.4, 0.5) is 0 Å². The summed E-state index contributed by atoms with van der Waals surface area (Å²) < 4.78 is 24.4. The topological polar surface area (TPSA) is 52.0 Å². The molecule has 0 unspecified atom stereocenters. The van der Waals surface area contributed by atoms with Gasteiger partial charge in [0.2, 0.25) is 0 Å². The fourth-order valence-corrected chi connectivity index (χ4v) is 2.66. The maximum Gasteiger partial charge on any atom is 0.149 e. The molecule has 0 aliphatic carbocycles. The summed E-state index contributed by atoms with van der Waals surface area (Å²) >= 11 is 5.87. The number of aryl methyl sites for hydroxylation is 2. The van der Waals surface area contributed by atoms with E-state index in [-0.39, 0.29) is 11.6 Å². The Morgan fingerprint density at radius 1 is 1.39 bits per heavy atom. The lowest BCUT2D eigenvalue weighted by atomic mass is 10.2. The molecule has 0 bridgehead atoms. The van der Waals surface area contributed by atoms with Crippen LogP contribution in [-0.4, -0.2) is 30.0 Å². The Hall–Kier alpha value is -1.07. The van der Waals surface area contributed by atoms with Crippen molar-refractivity contribution >= 4 is 32.5 Å². The molecule has 0 spiro atoms. The zero-order valence-electron chi connectivity index (χ0n) is 10.4. The number of halogens is 1. The smallest absolute Gasteiger partial charge is 0.149 e. The minimum Gasteiger partial charge on any atom is -0.326 e. The predicted molar refractivity (Wildman–Crippen MR) is 73.7 cm³/mol. The highest BCUT2D eigenvalue weighted by Crippen LogP contribution is 2.20. The number of aromatic nitrogens is 2. The van der Waals surface area contributed by atoms with Crippen LogP contribution in [0.3, 0.4) is 0 Å². The van der Waals surface area contributed by atoms with Gasteiger partial charge in [-0.3, -0.25) is 0 Å². The van der Waals surface area contributed by atoms with Crippen LogP contribution in [-0.2, 0) is 22.3 Å². The Morgan fingerprint density at radius 3 is 2.72 bits per heavy atom. The normalized spacial score (nSPS) is 12.2. The summed E-state index contributed by atoms with van der Waals surface area (Å²) in [5.41, 5.74) is 2.90. The number of imidazole rings is 1. The molecule has 2 aromatic rings. The van der Waals surface area contributed by atoms with Gasteiger partial charge in [0.15, 0.2) is 0 Å². The number of rotatable bonds is 4. The number of alkyl halides is 1. The van der Waals surface area contributed by atoms with E-state index in [0.717, 1.165) is 16.6 Å². The highest BCUT2D eigenvalue weighted by molar-refractivity contribution is 7.90. The number of hydrogen-bond donors (Lipinski definition) is 0. The molecular formula is C12H15ClN2O2S. The van der Waals surface area contributed by atoms with E-state index in [2.05, 4.69) is 4.98 Å². The van der Waals surface area contributed by atoms with E-state index >= 15 is 0 Å². The molecule has 0 radical (unpaired) electrons. The molecule has 0 saturated carbocycles. The van der Waals surface area contributed by atoms with Crippen molar-refractivity contribution in [1.29, 1.82) is 0 Å². The van der Waals surface area contributed by atoms with Crippen molar-refractivity contribution in [3.05, 3.63) is 29.6 Å². The largest absolute Gasteiger partial charge is 0.326 e. The molecule has 1 heterocycles. The zero-order valence-corrected chi connectivity index (χ0v) is 11.9. The maximum absolute atomic E-state index is 11.3. The van der Waals surface area contributed by atoms with Crippen LogP contribution >= 0.6 is 11.6 Å². The Balaban J connectivity index is 2.51. The van der Waals surface area contributed by atoms with E-state index in [9.17, 15) is 8.42 Å². The van der Waals surface area contributed by atoms with Crippen molar-refractivity contribution in [2.75, 3.05) is 12.0 Å². The van der Waals surface area contributed by atoms with E-state index in [4.69, 9.17) is 11.6 Å². The fourth-order valence-electron chi connectivity index (χ4n) is 1.94. The summed E-state index contributed by atoms with van der Waals surface area (Å²) in [6.07, 6.45) is 1.23. The molecule has 1 aromatic heterocycles. The molecule has 0 amide bonds. The number of hydrogen-bond acceptors (Lipinski definition) is 3. The fraction of sp³-hybridized carbons (Fsp3) is 0.417. The van der Waals surface area contributed by atoms with Gasteiger partial charge in [-0.15, -0.1) is 11.6 Å². The van der Waals surface area contributed by atoms with Gasteiger partial charge in [-0.1, -0.05) is 12.1 Å². The molecule has 0 atom stereocenters. The number of fused-ring (bicyclic) bond motifs is 1. The standard InChI is InChI=1S/C12H15ClN2O2S/c1-9-4-3-5-10-12(9)14-11(8-13)15(10)6-7-18(2,16)17/h3-5H,6-8H2,1-2H3. The van der Waals surface area contributed by atoms with Gasteiger partial charge < -0.3 is 4.57 Å². The van der Waals surface area contributed by atoms with Crippen molar-refractivity contribution in [3.8, 4) is 0 Å². The van der Waals surface area contributed by atoms with E-state index in [1.807, 2.05) is 29.7 Å². The van der Waals surface area contributed by atoms with Crippen molar-refractivity contribution in [1.82, 2.24) is 9.55 Å². The van der Waals surface area contributed by atoms with Gasteiger partial charge in [-0.2, -0.15) is 0 Å². The zero-order chi connectivity index (χ0) is 13.3. The molecular weight excluding hydrogens is 272 g/mol. The van der Waals surface area contributed by atoms with Gasteiger partial charge in [-0.25, -0.2) is 13.4 Å². The van der Waals surface area contributed by atoms with E-state index in [0.29, 0.717) is 12.4 Å². The van der Waals surface area contributed by atoms with Gasteiger partial charge in [0, 0.05) is 12.8 Å². The molecule has 4 nitrogen and oxygen atoms in total. The van der Waals surface area contributed by atoms with Crippen LogP contribution in [0.5, 0.6) is 0 Å². The third-order valence-electron chi connectivity index (χ3n) is 2.86. The summed E-state index contributed by atoms with van der Waals surface area (Å²) in [7, 11) is -3.00. The summed E-state index contributed by atoms with van der Waals surface area (Å²) in [4.78, 5) is 4.47.